The van der Waals surface area contributed by atoms with Crippen LogP contribution in [0, 0.1) is 0 Å². The molecule has 0 unspecified atom stereocenters. The zero-order chi connectivity index (χ0) is 33.2. The summed E-state index contributed by atoms with van der Waals surface area (Å²) in [5, 5.41) is 11.2. The first-order valence-electron chi connectivity index (χ1n) is 14.6. The molecule has 0 bridgehead atoms. The molecule has 0 saturated carbocycles. The molecule has 15 heteroatoms. The van der Waals surface area contributed by atoms with Crippen molar-refractivity contribution in [3.05, 3.63) is 52.4 Å². The van der Waals surface area contributed by atoms with E-state index in [0.717, 1.165) is 41.7 Å². The molecule has 46 heavy (non-hydrogen) atoms. The average Bonchev–Trinajstić information content (AvgIpc) is 3.29. The van der Waals surface area contributed by atoms with Crippen molar-refractivity contribution in [2.75, 3.05) is 35.4 Å². The number of ether oxygens (including phenoxy) is 1. The van der Waals surface area contributed by atoms with Crippen LogP contribution in [0.15, 0.2) is 51.1 Å². The molecule has 0 aliphatic carbocycles. The van der Waals surface area contributed by atoms with Gasteiger partial charge in [0.15, 0.2) is 0 Å². The van der Waals surface area contributed by atoms with E-state index in [4.69, 9.17) is 9.72 Å². The Labute approximate surface area is 277 Å². The zero-order valence-electron chi connectivity index (χ0n) is 26.6. The van der Waals surface area contributed by atoms with Gasteiger partial charge in [-0.25, -0.2) is 18.1 Å². The number of nitrogens with one attached hydrogen (secondary N) is 3. The van der Waals surface area contributed by atoms with E-state index >= 15 is 0 Å². The Morgan fingerprint density at radius 1 is 1.17 bits per heavy atom. The number of fused-ring (bicyclic) bond motifs is 3. The summed E-state index contributed by atoms with van der Waals surface area (Å²) in [5.74, 6) is 1.40. The second-order valence-electron chi connectivity index (χ2n) is 11.0. The Hall–Kier alpha value is -4.34. The van der Waals surface area contributed by atoms with Gasteiger partial charge in [-0.3, -0.25) is 14.7 Å². The van der Waals surface area contributed by atoms with Crippen LogP contribution in [-0.4, -0.2) is 67.1 Å². The first-order chi connectivity index (χ1) is 21.9. The number of methoxy groups -OCH3 is 1. The number of benzene rings is 2. The highest BCUT2D eigenvalue weighted by Gasteiger charge is 2.26. The van der Waals surface area contributed by atoms with Crippen molar-refractivity contribution in [1.29, 1.82) is 0 Å². The van der Waals surface area contributed by atoms with E-state index in [-0.39, 0.29) is 12.6 Å². The number of halogens is 1. The molecule has 3 N–H and O–H groups in total. The summed E-state index contributed by atoms with van der Waals surface area (Å²) in [6.45, 7) is 10.6. The van der Waals surface area contributed by atoms with Gasteiger partial charge in [0.2, 0.25) is 16.0 Å². The lowest BCUT2D eigenvalue weighted by atomic mass is 10.0. The van der Waals surface area contributed by atoms with Crippen molar-refractivity contribution in [2.45, 2.75) is 39.8 Å². The second kappa shape index (κ2) is 13.6. The maximum absolute atomic E-state index is 12.0. The van der Waals surface area contributed by atoms with Crippen LogP contribution in [0.4, 0.5) is 40.2 Å². The van der Waals surface area contributed by atoms with Gasteiger partial charge in [-0.05, 0) is 61.6 Å². The summed E-state index contributed by atoms with van der Waals surface area (Å²) < 4.78 is 34.9. The van der Waals surface area contributed by atoms with Gasteiger partial charge in [0, 0.05) is 84.8 Å². The van der Waals surface area contributed by atoms with Crippen LogP contribution in [0.2, 0.25) is 0 Å². The van der Waals surface area contributed by atoms with E-state index in [1.807, 2.05) is 24.0 Å². The fourth-order valence-electron chi connectivity index (χ4n) is 5.44. The van der Waals surface area contributed by atoms with Crippen molar-refractivity contribution < 1.29 is 13.2 Å². The minimum absolute atomic E-state index is 0.0267. The van der Waals surface area contributed by atoms with Gasteiger partial charge < -0.3 is 20.3 Å². The summed E-state index contributed by atoms with van der Waals surface area (Å²) in [7, 11) is 0.113. The number of rotatable bonds is 11. The van der Waals surface area contributed by atoms with Crippen LogP contribution in [0.25, 0.3) is 11.1 Å². The standard InChI is InChI=1S/C31H37BrN10O3S/c1-8-34-29-21(16-37-46(7,43)44)23(9-10-24(29)33-4)38-30-22(32)17-35-31(40-30)39-25-13-19-20-15-36-41(5)26(20)11-12-42(18(2)3)27(19)14-28(25)45-6/h8-10,13-15,17-18,37H,4,11-12,16H2,1-3,5-7H3,(H2,35,38,39,40)/b34-8-. The summed E-state index contributed by atoms with van der Waals surface area (Å²) >= 11 is 3.55. The van der Waals surface area contributed by atoms with Crippen molar-refractivity contribution in [3.8, 4) is 16.9 Å². The predicted molar refractivity (Wildman–Crippen MR) is 189 cm³/mol. The average molecular weight is 710 g/mol. The van der Waals surface area contributed by atoms with Crippen LogP contribution < -0.4 is 25.0 Å². The molecular formula is C31H37BrN10O3S. The minimum atomic E-state index is -3.49. The topological polar surface area (TPSA) is 151 Å². The van der Waals surface area contributed by atoms with Crippen LogP contribution in [-0.2, 0) is 30.0 Å². The highest BCUT2D eigenvalue weighted by atomic mass is 79.9. The second-order valence-corrected chi connectivity index (χ2v) is 13.7. The molecule has 1 aliphatic rings. The Kier molecular flexibility index (Phi) is 9.74. The van der Waals surface area contributed by atoms with Crippen molar-refractivity contribution >= 4 is 79.1 Å². The lowest BCUT2D eigenvalue weighted by Crippen LogP contribution is -2.32. The Bertz CT molecular complexity index is 1920. The number of nitrogens with zero attached hydrogens (tertiary/aromatic N) is 7. The largest absolute Gasteiger partial charge is 0.494 e. The van der Waals surface area contributed by atoms with Crippen molar-refractivity contribution in [1.82, 2.24) is 24.5 Å². The van der Waals surface area contributed by atoms with Gasteiger partial charge in [-0.1, -0.05) is 0 Å². The molecule has 3 heterocycles. The van der Waals surface area contributed by atoms with E-state index in [9.17, 15) is 8.42 Å². The van der Waals surface area contributed by atoms with Crippen molar-refractivity contribution in [2.24, 2.45) is 17.0 Å². The number of aliphatic imine (C=N–C) groups is 2. The molecule has 0 spiro atoms. The maximum Gasteiger partial charge on any atom is 0.229 e. The third-order valence-electron chi connectivity index (χ3n) is 7.64. The number of sulfonamides is 1. The fraction of sp³-hybridized carbons (Fsp3) is 0.323. The number of anilines is 5. The van der Waals surface area contributed by atoms with E-state index in [0.29, 0.717) is 50.3 Å². The third-order valence-corrected chi connectivity index (χ3v) is 8.89. The van der Waals surface area contributed by atoms with Crippen molar-refractivity contribution in [3.63, 3.8) is 0 Å². The molecule has 1 aliphatic heterocycles. The Balaban J connectivity index is 1.55. The maximum atomic E-state index is 12.0. The number of aryl methyl sites for hydroxylation is 1. The van der Waals surface area contributed by atoms with E-state index in [2.05, 4.69) is 82.9 Å². The Morgan fingerprint density at radius 2 is 1.96 bits per heavy atom. The van der Waals surface area contributed by atoms with Gasteiger partial charge in [0.1, 0.15) is 11.6 Å². The SMILES string of the molecule is C=Nc1ccc(Nc2nc(Nc3cc4c(cc3OC)N(C(C)C)CCc3c-4cnn3C)ncc2Br)c(CNS(C)(=O)=O)c1/N=C\C. The molecule has 0 radical (unpaired) electrons. The van der Waals surface area contributed by atoms with Crippen LogP contribution >= 0.6 is 15.9 Å². The lowest BCUT2D eigenvalue weighted by Gasteiger charge is -2.30. The first kappa shape index (κ1) is 33.0. The highest BCUT2D eigenvalue weighted by Crippen LogP contribution is 2.44. The highest BCUT2D eigenvalue weighted by molar-refractivity contribution is 9.10. The lowest BCUT2D eigenvalue weighted by molar-refractivity contribution is 0.416. The molecule has 0 atom stereocenters. The minimum Gasteiger partial charge on any atom is -0.494 e. The van der Waals surface area contributed by atoms with Gasteiger partial charge in [-0.15, -0.1) is 0 Å². The third kappa shape index (κ3) is 6.90. The molecule has 2 aromatic heterocycles. The molecule has 242 valence electrons. The zero-order valence-corrected chi connectivity index (χ0v) is 29.0. The number of hydrogen-bond donors (Lipinski definition) is 3. The van der Waals surface area contributed by atoms with Gasteiger partial charge in [-0.2, -0.15) is 10.1 Å². The summed E-state index contributed by atoms with van der Waals surface area (Å²) in [4.78, 5) is 20.2. The van der Waals surface area contributed by atoms with Crippen LogP contribution in [0.5, 0.6) is 5.75 Å². The number of aromatic nitrogens is 4. The molecular weight excluding hydrogens is 672 g/mol. The molecule has 13 nitrogen and oxygen atoms in total. The van der Waals surface area contributed by atoms with E-state index in [1.165, 1.54) is 0 Å². The quantitative estimate of drug-likeness (QED) is 0.159. The van der Waals surface area contributed by atoms with E-state index < -0.39 is 10.0 Å². The predicted octanol–water partition coefficient (Wildman–Crippen LogP) is 6.01. The smallest absolute Gasteiger partial charge is 0.229 e. The molecule has 0 fully saturated rings. The van der Waals surface area contributed by atoms with Gasteiger partial charge >= 0.3 is 0 Å². The fourth-order valence-corrected chi connectivity index (χ4v) is 6.14. The van der Waals surface area contributed by atoms with Gasteiger partial charge in [0.05, 0.1) is 41.1 Å². The molecule has 2 aromatic carbocycles. The molecule has 0 saturated heterocycles. The first-order valence-corrected chi connectivity index (χ1v) is 17.2. The number of hydrogen-bond acceptors (Lipinski definition) is 11. The summed E-state index contributed by atoms with van der Waals surface area (Å²) in [6.07, 6.45) is 7.12. The molecule has 0 amide bonds. The monoisotopic (exact) mass is 708 g/mol. The van der Waals surface area contributed by atoms with Crippen LogP contribution in [0.3, 0.4) is 0 Å². The van der Waals surface area contributed by atoms with Crippen LogP contribution in [0.1, 0.15) is 32.0 Å². The van der Waals surface area contributed by atoms with E-state index in [1.54, 1.807) is 38.6 Å². The molecule has 4 aromatic rings. The summed E-state index contributed by atoms with van der Waals surface area (Å²) in [5.41, 5.74) is 7.19. The normalized spacial score (nSPS) is 13.0. The Morgan fingerprint density at radius 3 is 2.63 bits per heavy atom. The summed E-state index contributed by atoms with van der Waals surface area (Å²) in [6, 6.07) is 7.92. The molecule has 5 rings (SSSR count). The van der Waals surface area contributed by atoms with Gasteiger partial charge in [0.25, 0.3) is 0 Å².